The van der Waals surface area contributed by atoms with Crippen LogP contribution in [0.2, 0.25) is 0 Å². The Bertz CT molecular complexity index is 690. The Morgan fingerprint density at radius 3 is 2.70 bits per heavy atom. The van der Waals surface area contributed by atoms with Gasteiger partial charge in [-0.15, -0.1) is 0 Å². The first-order valence-corrected chi connectivity index (χ1v) is 6.50. The molecule has 1 aromatic heterocycles. The van der Waals surface area contributed by atoms with Crippen LogP contribution in [0.3, 0.4) is 0 Å². The molecule has 1 aromatic carbocycles. The summed E-state index contributed by atoms with van der Waals surface area (Å²) in [6.45, 7) is 0.413. The van der Waals surface area contributed by atoms with Gasteiger partial charge < -0.3 is 0 Å². The number of benzene rings is 1. The fourth-order valence-corrected chi connectivity index (χ4v) is 2.21. The molecular formula is C16H14N3O+. The van der Waals surface area contributed by atoms with Gasteiger partial charge in [0.15, 0.2) is 5.82 Å². The van der Waals surface area contributed by atoms with Gasteiger partial charge in [-0.2, -0.15) is 0 Å². The van der Waals surface area contributed by atoms with E-state index in [1.54, 1.807) is 18.5 Å². The summed E-state index contributed by atoms with van der Waals surface area (Å²) >= 11 is 0. The number of nitrogens with zero attached hydrogens (tertiary/aromatic N) is 3. The van der Waals surface area contributed by atoms with Crippen LogP contribution in [0.5, 0.6) is 0 Å². The minimum atomic E-state index is 0.413. The molecule has 4 nitrogen and oxygen atoms in total. The molecule has 98 valence electrons. The second-order valence-corrected chi connectivity index (χ2v) is 4.55. The highest BCUT2D eigenvalue weighted by molar-refractivity contribution is 5.60. The monoisotopic (exact) mass is 264 g/mol. The maximum atomic E-state index is 11.8. The normalized spacial score (nSPS) is 14.2. The summed E-state index contributed by atoms with van der Waals surface area (Å²) in [6, 6.07) is 9.72. The Morgan fingerprint density at radius 1 is 1.10 bits per heavy atom. The predicted molar refractivity (Wildman–Crippen MR) is 76.9 cm³/mol. The maximum absolute atomic E-state index is 11.8. The molecule has 0 saturated carbocycles. The minimum absolute atomic E-state index is 0.413. The quantitative estimate of drug-likeness (QED) is 0.801. The van der Waals surface area contributed by atoms with E-state index in [0.29, 0.717) is 18.8 Å². The van der Waals surface area contributed by atoms with Crippen molar-refractivity contribution in [2.75, 3.05) is 6.54 Å². The Kier molecular flexibility index (Phi) is 3.46. The predicted octanol–water partition coefficient (Wildman–Crippen LogP) is 2.92. The summed E-state index contributed by atoms with van der Waals surface area (Å²) in [5.41, 5.74) is 2.79. The number of rotatable bonds is 3. The molecule has 0 unspecified atom stereocenters. The van der Waals surface area contributed by atoms with Gasteiger partial charge in [-0.05, 0) is 17.7 Å². The van der Waals surface area contributed by atoms with E-state index in [4.69, 9.17) is 0 Å². The lowest BCUT2D eigenvalue weighted by atomic mass is 10.0. The smallest absolute Gasteiger partial charge is 0.237 e. The Hall–Kier alpha value is -2.62. The van der Waals surface area contributed by atoms with Crippen molar-refractivity contribution < 1.29 is 4.76 Å². The largest absolute Gasteiger partial charge is 0.237 e. The second-order valence-electron chi connectivity index (χ2n) is 4.55. The zero-order valence-corrected chi connectivity index (χ0v) is 10.9. The van der Waals surface area contributed by atoms with Crippen LogP contribution < -0.4 is 0 Å². The van der Waals surface area contributed by atoms with E-state index < -0.39 is 0 Å². The first-order valence-electron chi connectivity index (χ1n) is 6.50. The SMILES string of the molecule is O=[N+]1CC=CC=C1Cc1ccccc1-c1ncccn1. The van der Waals surface area contributed by atoms with Crippen LogP contribution in [0.4, 0.5) is 0 Å². The zero-order chi connectivity index (χ0) is 13.8. The topological polar surface area (TPSA) is 45.9 Å². The highest BCUT2D eigenvalue weighted by Gasteiger charge is 2.20. The Balaban J connectivity index is 1.97. The molecule has 1 aliphatic rings. The lowest BCUT2D eigenvalue weighted by molar-refractivity contribution is -0.491. The third-order valence-corrected chi connectivity index (χ3v) is 3.21. The van der Waals surface area contributed by atoms with Gasteiger partial charge in [0.05, 0.1) is 6.42 Å². The lowest BCUT2D eigenvalue weighted by Gasteiger charge is -2.07. The van der Waals surface area contributed by atoms with Gasteiger partial charge in [0.25, 0.3) is 0 Å². The van der Waals surface area contributed by atoms with Crippen molar-refractivity contribution in [3.05, 3.63) is 77.1 Å². The van der Waals surface area contributed by atoms with Crippen LogP contribution >= 0.6 is 0 Å². The fourth-order valence-electron chi connectivity index (χ4n) is 2.21. The molecule has 0 fully saturated rings. The first kappa shape index (κ1) is 12.4. The number of hydrogen-bond donors (Lipinski definition) is 0. The van der Waals surface area contributed by atoms with E-state index in [0.717, 1.165) is 21.6 Å². The van der Waals surface area contributed by atoms with Crippen molar-refractivity contribution >= 4 is 0 Å². The molecule has 4 heteroatoms. The van der Waals surface area contributed by atoms with Crippen LogP contribution in [0.25, 0.3) is 11.4 Å². The molecule has 0 amide bonds. The van der Waals surface area contributed by atoms with Gasteiger partial charge in [0.2, 0.25) is 12.2 Å². The molecule has 20 heavy (non-hydrogen) atoms. The van der Waals surface area contributed by atoms with Gasteiger partial charge in [0.1, 0.15) is 0 Å². The van der Waals surface area contributed by atoms with Crippen molar-refractivity contribution in [1.82, 2.24) is 9.97 Å². The summed E-state index contributed by atoms with van der Waals surface area (Å²) < 4.78 is 1.02. The molecule has 2 heterocycles. The van der Waals surface area contributed by atoms with E-state index in [9.17, 15) is 4.91 Å². The maximum Gasteiger partial charge on any atom is 0.237 e. The molecule has 0 atom stereocenters. The third-order valence-electron chi connectivity index (χ3n) is 3.21. The van der Waals surface area contributed by atoms with E-state index in [2.05, 4.69) is 9.97 Å². The highest BCUT2D eigenvalue weighted by Crippen LogP contribution is 2.23. The average molecular weight is 264 g/mol. The van der Waals surface area contributed by atoms with E-state index in [1.807, 2.05) is 42.5 Å². The van der Waals surface area contributed by atoms with E-state index in [-0.39, 0.29) is 0 Å². The number of aromatic nitrogens is 2. The standard InChI is InChI=1S/C16H14N3O/c20-19-11-4-3-7-14(19)12-13-6-1-2-8-15(13)16-17-9-5-10-18-16/h1-10H,11-12H2/q+1. The summed E-state index contributed by atoms with van der Waals surface area (Å²) in [5.74, 6) is 0.688. The van der Waals surface area contributed by atoms with Crippen molar-refractivity contribution in [2.45, 2.75) is 6.42 Å². The third kappa shape index (κ3) is 2.54. The van der Waals surface area contributed by atoms with Crippen molar-refractivity contribution in [1.29, 1.82) is 0 Å². The van der Waals surface area contributed by atoms with Crippen molar-refractivity contribution in [3.8, 4) is 11.4 Å². The number of allylic oxidation sites excluding steroid dienone is 3. The van der Waals surface area contributed by atoms with Crippen LogP contribution in [-0.4, -0.2) is 21.3 Å². The molecule has 0 bridgehead atoms. The van der Waals surface area contributed by atoms with Gasteiger partial charge >= 0.3 is 0 Å². The van der Waals surface area contributed by atoms with Gasteiger partial charge in [0, 0.05) is 33.7 Å². The number of nitroso groups, excluding NO2 is 1. The Morgan fingerprint density at radius 2 is 1.90 bits per heavy atom. The Labute approximate surface area is 117 Å². The summed E-state index contributed by atoms with van der Waals surface area (Å²) in [5, 5.41) is 0. The lowest BCUT2D eigenvalue weighted by Crippen LogP contribution is -2.13. The molecular weight excluding hydrogens is 250 g/mol. The molecule has 0 aliphatic carbocycles. The van der Waals surface area contributed by atoms with Crippen LogP contribution in [0.15, 0.2) is 66.7 Å². The molecule has 0 saturated heterocycles. The molecule has 2 aromatic rings. The fraction of sp³-hybridized carbons (Fsp3) is 0.125. The number of hydrogen-bond acceptors (Lipinski definition) is 3. The summed E-state index contributed by atoms with van der Waals surface area (Å²) in [4.78, 5) is 20.4. The average Bonchev–Trinajstić information content (AvgIpc) is 2.51. The minimum Gasteiger partial charge on any atom is -0.237 e. The van der Waals surface area contributed by atoms with Crippen molar-refractivity contribution in [2.24, 2.45) is 0 Å². The zero-order valence-electron chi connectivity index (χ0n) is 10.9. The van der Waals surface area contributed by atoms with Gasteiger partial charge in [-0.1, -0.05) is 30.3 Å². The van der Waals surface area contributed by atoms with Crippen LogP contribution in [0, 0.1) is 4.91 Å². The molecule has 0 radical (unpaired) electrons. The molecule has 1 aliphatic heterocycles. The summed E-state index contributed by atoms with van der Waals surface area (Å²) in [6.07, 6.45) is 9.67. The van der Waals surface area contributed by atoms with Crippen LogP contribution in [-0.2, 0) is 6.42 Å². The van der Waals surface area contributed by atoms with Crippen molar-refractivity contribution in [3.63, 3.8) is 0 Å². The van der Waals surface area contributed by atoms with Gasteiger partial charge in [-0.3, -0.25) is 0 Å². The first-order chi connectivity index (χ1) is 9.84. The second kappa shape index (κ2) is 5.57. The highest BCUT2D eigenvalue weighted by atomic mass is 16.3. The molecule has 3 rings (SSSR count). The molecule has 0 spiro atoms. The van der Waals surface area contributed by atoms with Gasteiger partial charge in [-0.25, -0.2) is 9.97 Å². The van der Waals surface area contributed by atoms with E-state index >= 15 is 0 Å². The van der Waals surface area contributed by atoms with Crippen LogP contribution in [0.1, 0.15) is 5.56 Å². The molecule has 0 N–H and O–H groups in total. The van der Waals surface area contributed by atoms with E-state index in [1.165, 1.54) is 0 Å². The summed E-state index contributed by atoms with van der Waals surface area (Å²) in [7, 11) is 0.